The molecule has 0 aliphatic heterocycles. The van der Waals surface area contributed by atoms with Gasteiger partial charge in [-0.3, -0.25) is 9.59 Å². The fraction of sp³-hybridized carbons (Fsp3) is 0.750. The third-order valence-electron chi connectivity index (χ3n) is 21.5. The molecule has 18 atom stereocenters. The van der Waals surface area contributed by atoms with Gasteiger partial charge in [-0.25, -0.2) is 9.36 Å². The van der Waals surface area contributed by atoms with E-state index in [4.69, 9.17) is 0 Å². The minimum absolute atomic E-state index is 0.121. The average Bonchev–Trinajstić information content (AvgIpc) is 4.10. The fourth-order valence-corrected chi connectivity index (χ4v) is 18.3. The van der Waals surface area contributed by atoms with Crippen LogP contribution in [-0.4, -0.2) is 63.0 Å². The molecule has 8 aliphatic rings. The molecule has 2 aromatic carbocycles. The Morgan fingerprint density at radius 1 is 0.515 bits per heavy atom. The van der Waals surface area contributed by atoms with Crippen molar-refractivity contribution in [3.63, 3.8) is 0 Å². The highest BCUT2D eigenvalue weighted by Crippen LogP contribution is 2.67. The van der Waals surface area contributed by atoms with Gasteiger partial charge in [-0.1, -0.05) is 48.5 Å². The van der Waals surface area contributed by atoms with Crippen LogP contribution in [0, 0.1) is 81.8 Å². The molecule has 0 saturated heterocycles. The summed E-state index contributed by atoms with van der Waals surface area (Å²) in [4.78, 5) is 27.8. The van der Waals surface area contributed by atoms with E-state index in [0.717, 1.165) is 96.1 Å². The summed E-state index contributed by atoms with van der Waals surface area (Å²) in [5, 5.41) is 38.6. The van der Waals surface area contributed by atoms with E-state index in [1.54, 1.807) is 0 Å². The van der Waals surface area contributed by atoms with Crippen LogP contribution in [0.15, 0.2) is 48.5 Å². The second-order valence-electron chi connectivity index (χ2n) is 24.9. The monoisotopic (exact) mass is 899 g/mol. The smallest absolute Gasteiger partial charge is 0.160 e. The topological polar surface area (TPSA) is 136 Å². The molecule has 12 rings (SSSR count). The van der Waals surface area contributed by atoms with Crippen LogP contribution in [0.25, 0.3) is 22.1 Å². The molecule has 8 aliphatic carbocycles. The Kier molecular flexibility index (Phi) is 11.3. The lowest BCUT2D eigenvalue weighted by Crippen LogP contribution is -2.51. The standard InChI is InChI=1S/2C28H39N3O2/c2*1-17(31-25-7-5-4-6-24(25)29-30-31)26(32)23-11-10-22-21-9-8-18-16-27(2,33)14-12-19(18)20(21)13-15-28(22,23)3/h2*4-7,17-23,33H,8-16H2,1-3H3/t17-,18+,19+,20-,21-,22+,23-,27-,28+;17-,18-,19-,20+,21+,22-,23+,27+,28-/m10/s1. The van der Waals surface area contributed by atoms with E-state index in [1.165, 1.54) is 77.0 Å². The molecule has 0 bridgehead atoms. The molecule has 4 aromatic rings. The number of para-hydroxylation sites is 2. The molecule has 2 N–H and O–H groups in total. The van der Waals surface area contributed by atoms with Crippen molar-refractivity contribution in [2.45, 2.75) is 180 Å². The molecule has 0 radical (unpaired) electrons. The summed E-state index contributed by atoms with van der Waals surface area (Å²) < 4.78 is 3.69. The summed E-state index contributed by atoms with van der Waals surface area (Å²) in [5.41, 5.74) is 2.95. The van der Waals surface area contributed by atoms with E-state index in [1.807, 2.05) is 85.6 Å². The van der Waals surface area contributed by atoms with Crippen molar-refractivity contribution in [2.24, 2.45) is 81.8 Å². The fourth-order valence-electron chi connectivity index (χ4n) is 18.3. The number of aliphatic hydroxyl groups is 2. The van der Waals surface area contributed by atoms with E-state index >= 15 is 0 Å². The van der Waals surface area contributed by atoms with Crippen molar-refractivity contribution in [3.8, 4) is 0 Å². The van der Waals surface area contributed by atoms with E-state index in [0.29, 0.717) is 35.2 Å². The number of carbonyl (C=O) groups is 2. The molecule has 8 fully saturated rings. The van der Waals surface area contributed by atoms with Gasteiger partial charge in [0.05, 0.1) is 22.2 Å². The van der Waals surface area contributed by atoms with E-state index in [-0.39, 0.29) is 34.7 Å². The van der Waals surface area contributed by atoms with E-state index in [2.05, 4.69) is 34.5 Å². The molecule has 2 heterocycles. The Morgan fingerprint density at radius 3 is 1.33 bits per heavy atom. The number of Topliss-reactive ketones (excluding diaryl/α,β-unsaturated/α-hetero) is 2. The number of hydrogen-bond acceptors (Lipinski definition) is 8. The first-order valence-electron chi connectivity index (χ1n) is 26.7. The van der Waals surface area contributed by atoms with Gasteiger partial charge in [0.1, 0.15) is 23.1 Å². The average molecular weight is 899 g/mol. The van der Waals surface area contributed by atoms with Gasteiger partial charge in [-0.05, 0) is 238 Å². The van der Waals surface area contributed by atoms with Crippen LogP contribution >= 0.6 is 0 Å². The summed E-state index contributed by atoms with van der Waals surface area (Å²) in [7, 11) is 0. The highest BCUT2D eigenvalue weighted by molar-refractivity contribution is 5.88. The number of nitrogens with zero attached hydrogens (tertiary/aromatic N) is 6. The van der Waals surface area contributed by atoms with E-state index < -0.39 is 11.2 Å². The lowest BCUT2D eigenvalue weighted by Gasteiger charge is -2.57. The third kappa shape index (κ3) is 7.37. The lowest BCUT2D eigenvalue weighted by atomic mass is 9.49. The second kappa shape index (κ2) is 16.6. The Balaban J connectivity index is 0.000000146. The maximum Gasteiger partial charge on any atom is 0.160 e. The molecular weight excluding hydrogens is 821 g/mol. The van der Waals surface area contributed by atoms with Crippen molar-refractivity contribution in [2.75, 3.05) is 0 Å². The first-order chi connectivity index (χ1) is 31.6. The predicted molar refractivity (Wildman–Crippen MR) is 257 cm³/mol. The first-order valence-corrected chi connectivity index (χ1v) is 26.7. The van der Waals surface area contributed by atoms with Crippen LogP contribution < -0.4 is 0 Å². The molecular formula is C56H78N6O4. The van der Waals surface area contributed by atoms with Gasteiger partial charge in [-0.2, -0.15) is 0 Å². The summed E-state index contributed by atoms with van der Waals surface area (Å²) in [6, 6.07) is 15.3. The number of carbonyl (C=O) groups excluding carboxylic acids is 2. The lowest BCUT2D eigenvalue weighted by molar-refractivity contribution is -0.135. The minimum Gasteiger partial charge on any atom is -0.390 e. The van der Waals surface area contributed by atoms with Crippen molar-refractivity contribution in [1.29, 1.82) is 0 Å². The van der Waals surface area contributed by atoms with Gasteiger partial charge in [0.15, 0.2) is 11.6 Å². The number of rotatable bonds is 6. The van der Waals surface area contributed by atoms with Crippen LogP contribution in [-0.2, 0) is 9.59 Å². The maximum absolute atomic E-state index is 13.9. The highest BCUT2D eigenvalue weighted by atomic mass is 16.3. The van der Waals surface area contributed by atoms with Crippen molar-refractivity contribution < 1.29 is 19.8 Å². The molecule has 2 aromatic heterocycles. The van der Waals surface area contributed by atoms with Gasteiger partial charge >= 0.3 is 0 Å². The molecule has 0 amide bonds. The maximum atomic E-state index is 13.9. The summed E-state index contributed by atoms with van der Waals surface area (Å²) in [6.45, 7) is 13.0. The predicted octanol–water partition coefficient (Wildman–Crippen LogP) is 11.2. The Labute approximate surface area is 392 Å². The van der Waals surface area contributed by atoms with Gasteiger partial charge < -0.3 is 10.2 Å². The second-order valence-corrected chi connectivity index (χ2v) is 24.9. The Hall–Kier alpha value is -3.50. The Morgan fingerprint density at radius 2 is 0.909 bits per heavy atom. The Bertz CT molecular complexity index is 2290. The minimum atomic E-state index is -0.455. The summed E-state index contributed by atoms with van der Waals surface area (Å²) in [6.07, 6.45) is 20.8. The van der Waals surface area contributed by atoms with E-state index in [9.17, 15) is 19.8 Å². The van der Waals surface area contributed by atoms with Crippen LogP contribution in [0.3, 0.4) is 0 Å². The van der Waals surface area contributed by atoms with Crippen molar-refractivity contribution in [1.82, 2.24) is 30.0 Å². The third-order valence-corrected chi connectivity index (χ3v) is 21.5. The van der Waals surface area contributed by atoms with Crippen LogP contribution in [0.5, 0.6) is 0 Å². The zero-order chi connectivity index (χ0) is 45.9. The summed E-state index contributed by atoms with van der Waals surface area (Å²) >= 11 is 0. The zero-order valence-corrected chi connectivity index (χ0v) is 40.8. The summed E-state index contributed by atoms with van der Waals surface area (Å²) in [5.74, 6) is 8.49. The van der Waals surface area contributed by atoms with Crippen LogP contribution in [0.1, 0.15) is 169 Å². The molecule has 356 valence electrons. The highest BCUT2D eigenvalue weighted by Gasteiger charge is 2.61. The molecule has 8 saturated carbocycles. The van der Waals surface area contributed by atoms with Gasteiger partial charge in [0.25, 0.3) is 0 Å². The molecule has 66 heavy (non-hydrogen) atoms. The van der Waals surface area contributed by atoms with Gasteiger partial charge in [0.2, 0.25) is 0 Å². The normalized spacial score (nSPS) is 43.5. The van der Waals surface area contributed by atoms with Crippen LogP contribution in [0.4, 0.5) is 0 Å². The zero-order valence-electron chi connectivity index (χ0n) is 40.8. The first kappa shape index (κ1) is 45.0. The van der Waals surface area contributed by atoms with Crippen molar-refractivity contribution >= 4 is 33.6 Å². The quantitative estimate of drug-likeness (QED) is 0.195. The van der Waals surface area contributed by atoms with Crippen molar-refractivity contribution in [3.05, 3.63) is 48.5 Å². The SMILES string of the molecule is C[C@@H](C(=O)[C@H]1CC[C@H]2[C@@H]3CC[C@H]4C[C@](C)(O)CC[C@@H]4[C@H]3CC[C@]12C)n1nnc2ccccc21.C[C@H](C(=O)[C@H]1CC[C@H]2[C@@H]3CC[C@H]4C[C@](C)(O)CC[C@@H]4[C@H]3CC[C@]12C)n1nnc2ccccc21. The molecule has 10 nitrogen and oxygen atoms in total. The number of aromatic nitrogens is 6. The van der Waals surface area contributed by atoms with Gasteiger partial charge in [-0.15, -0.1) is 10.2 Å². The number of benzene rings is 2. The largest absolute Gasteiger partial charge is 0.390 e. The molecule has 10 heteroatoms. The number of hydrogen-bond donors (Lipinski definition) is 2. The molecule has 0 spiro atoms. The van der Waals surface area contributed by atoms with Gasteiger partial charge in [0, 0.05) is 11.8 Å². The number of fused-ring (bicyclic) bond motifs is 12. The molecule has 0 unspecified atom stereocenters. The number of ketones is 2. The van der Waals surface area contributed by atoms with Crippen LogP contribution in [0.2, 0.25) is 0 Å².